The van der Waals surface area contributed by atoms with Crippen LogP contribution in [0.5, 0.6) is 0 Å². The molecule has 1 saturated heterocycles. The van der Waals surface area contributed by atoms with E-state index in [2.05, 4.69) is 6.58 Å². The molecular formula is C6H9O2. The van der Waals surface area contributed by atoms with E-state index in [1.165, 1.54) is 0 Å². The van der Waals surface area contributed by atoms with E-state index in [1.807, 2.05) is 0 Å². The molecule has 0 aromatic heterocycles. The summed E-state index contributed by atoms with van der Waals surface area (Å²) in [6.45, 7) is 5.97. The Labute approximate surface area is 49.1 Å². The summed E-state index contributed by atoms with van der Waals surface area (Å²) in [5, 5.41) is 0. The first-order valence-corrected chi connectivity index (χ1v) is 2.58. The quantitative estimate of drug-likeness (QED) is 0.474. The van der Waals surface area contributed by atoms with Gasteiger partial charge in [0.05, 0.1) is 6.61 Å². The SMILES string of the molecule is C=CC1CO[C](C)O1. The molecule has 1 rings (SSSR count). The molecule has 1 unspecified atom stereocenters. The van der Waals surface area contributed by atoms with Crippen molar-refractivity contribution in [1.29, 1.82) is 0 Å². The van der Waals surface area contributed by atoms with Gasteiger partial charge in [-0.1, -0.05) is 6.08 Å². The topological polar surface area (TPSA) is 18.5 Å². The summed E-state index contributed by atoms with van der Waals surface area (Å²) < 4.78 is 10.1. The van der Waals surface area contributed by atoms with Gasteiger partial charge in [0.2, 0.25) is 6.29 Å². The van der Waals surface area contributed by atoms with Crippen LogP contribution in [-0.2, 0) is 9.47 Å². The predicted molar refractivity (Wildman–Crippen MR) is 29.9 cm³/mol. The minimum absolute atomic E-state index is 0.0787. The van der Waals surface area contributed by atoms with Crippen LogP contribution in [0.3, 0.4) is 0 Å². The van der Waals surface area contributed by atoms with Crippen molar-refractivity contribution in [3.63, 3.8) is 0 Å². The minimum Gasteiger partial charge on any atom is -0.342 e. The Kier molecular flexibility index (Phi) is 1.65. The Balaban J connectivity index is 2.32. The fraction of sp³-hybridized carbons (Fsp3) is 0.500. The van der Waals surface area contributed by atoms with Gasteiger partial charge < -0.3 is 9.47 Å². The third-order valence-electron chi connectivity index (χ3n) is 1.03. The lowest BCUT2D eigenvalue weighted by Gasteiger charge is -1.97. The number of hydrogen-bond acceptors (Lipinski definition) is 2. The van der Waals surface area contributed by atoms with Gasteiger partial charge in [0, 0.05) is 0 Å². The van der Waals surface area contributed by atoms with Crippen molar-refractivity contribution >= 4 is 0 Å². The molecule has 1 atom stereocenters. The highest BCUT2D eigenvalue weighted by Crippen LogP contribution is 2.16. The van der Waals surface area contributed by atoms with Crippen molar-refractivity contribution < 1.29 is 9.47 Å². The van der Waals surface area contributed by atoms with E-state index in [9.17, 15) is 0 Å². The zero-order valence-corrected chi connectivity index (χ0v) is 4.89. The molecule has 0 aromatic carbocycles. The van der Waals surface area contributed by atoms with Gasteiger partial charge in [-0.3, -0.25) is 0 Å². The van der Waals surface area contributed by atoms with Crippen molar-refractivity contribution in [2.45, 2.75) is 13.0 Å². The highest BCUT2D eigenvalue weighted by atomic mass is 16.7. The van der Waals surface area contributed by atoms with Crippen LogP contribution in [-0.4, -0.2) is 12.7 Å². The van der Waals surface area contributed by atoms with E-state index >= 15 is 0 Å². The van der Waals surface area contributed by atoms with Crippen molar-refractivity contribution in [2.75, 3.05) is 6.61 Å². The monoisotopic (exact) mass is 113 g/mol. The maximum atomic E-state index is 5.09. The molecule has 8 heavy (non-hydrogen) atoms. The molecule has 1 aliphatic heterocycles. The van der Waals surface area contributed by atoms with E-state index in [-0.39, 0.29) is 6.10 Å². The molecule has 1 radical (unpaired) electrons. The van der Waals surface area contributed by atoms with Crippen molar-refractivity contribution in [1.82, 2.24) is 0 Å². The summed E-state index contributed by atoms with van der Waals surface area (Å²) in [5.74, 6) is 0. The summed E-state index contributed by atoms with van der Waals surface area (Å²) in [7, 11) is 0. The molecule has 0 aliphatic carbocycles. The molecule has 0 saturated carbocycles. The van der Waals surface area contributed by atoms with Crippen LogP contribution in [0.25, 0.3) is 0 Å². The second kappa shape index (κ2) is 2.29. The van der Waals surface area contributed by atoms with Crippen LogP contribution >= 0.6 is 0 Å². The Morgan fingerprint density at radius 1 is 1.88 bits per heavy atom. The molecular weight excluding hydrogens is 104 g/mol. The minimum atomic E-state index is 0.0787. The summed E-state index contributed by atoms with van der Waals surface area (Å²) in [5.41, 5.74) is 0. The lowest BCUT2D eigenvalue weighted by Crippen LogP contribution is -2.02. The molecule has 1 heterocycles. The first-order valence-electron chi connectivity index (χ1n) is 2.58. The Morgan fingerprint density at radius 3 is 2.88 bits per heavy atom. The van der Waals surface area contributed by atoms with Crippen molar-refractivity contribution in [3.05, 3.63) is 18.9 Å². The zero-order chi connectivity index (χ0) is 5.98. The molecule has 0 spiro atoms. The van der Waals surface area contributed by atoms with Gasteiger partial charge in [0.15, 0.2) is 0 Å². The molecule has 0 bridgehead atoms. The average Bonchev–Trinajstić information content (AvgIpc) is 2.14. The highest BCUT2D eigenvalue weighted by Gasteiger charge is 2.19. The van der Waals surface area contributed by atoms with Crippen LogP contribution < -0.4 is 0 Å². The van der Waals surface area contributed by atoms with Crippen LogP contribution in [0.15, 0.2) is 12.7 Å². The molecule has 2 nitrogen and oxygen atoms in total. The highest BCUT2D eigenvalue weighted by molar-refractivity contribution is 4.86. The summed E-state index contributed by atoms with van der Waals surface area (Å²) in [6.07, 6.45) is 2.46. The van der Waals surface area contributed by atoms with E-state index in [0.29, 0.717) is 12.9 Å². The second-order valence-corrected chi connectivity index (χ2v) is 1.69. The lowest BCUT2D eigenvalue weighted by atomic mass is 10.4. The van der Waals surface area contributed by atoms with Gasteiger partial charge >= 0.3 is 0 Å². The van der Waals surface area contributed by atoms with Crippen molar-refractivity contribution in [2.24, 2.45) is 0 Å². The van der Waals surface area contributed by atoms with Crippen LogP contribution in [0.4, 0.5) is 0 Å². The van der Waals surface area contributed by atoms with Gasteiger partial charge in [0.1, 0.15) is 6.10 Å². The summed E-state index contributed by atoms with van der Waals surface area (Å²) in [4.78, 5) is 0. The molecule has 2 heteroatoms. The molecule has 1 aliphatic rings. The molecule has 0 N–H and O–H groups in total. The van der Waals surface area contributed by atoms with Gasteiger partial charge in [-0.15, -0.1) is 6.58 Å². The number of rotatable bonds is 1. The second-order valence-electron chi connectivity index (χ2n) is 1.69. The van der Waals surface area contributed by atoms with E-state index in [4.69, 9.17) is 9.47 Å². The molecule has 0 aromatic rings. The van der Waals surface area contributed by atoms with E-state index in [0.717, 1.165) is 0 Å². The first-order chi connectivity index (χ1) is 3.83. The normalized spacial score (nSPS) is 30.9. The van der Waals surface area contributed by atoms with Crippen LogP contribution in [0.2, 0.25) is 0 Å². The Bertz CT molecular complexity index is 90.5. The third kappa shape index (κ3) is 1.08. The maximum absolute atomic E-state index is 5.09. The largest absolute Gasteiger partial charge is 0.342 e. The Morgan fingerprint density at radius 2 is 2.62 bits per heavy atom. The molecule has 0 amide bonds. The van der Waals surface area contributed by atoms with E-state index < -0.39 is 0 Å². The molecule has 45 valence electrons. The van der Waals surface area contributed by atoms with Crippen molar-refractivity contribution in [3.8, 4) is 0 Å². The lowest BCUT2D eigenvalue weighted by molar-refractivity contribution is 0.0730. The smallest absolute Gasteiger partial charge is 0.221 e. The maximum Gasteiger partial charge on any atom is 0.221 e. The van der Waals surface area contributed by atoms with Crippen LogP contribution in [0.1, 0.15) is 6.92 Å². The fourth-order valence-electron chi connectivity index (χ4n) is 0.597. The number of ether oxygens (including phenoxy) is 2. The molecule has 1 fully saturated rings. The zero-order valence-electron chi connectivity index (χ0n) is 4.89. The summed E-state index contributed by atoms with van der Waals surface area (Å²) >= 11 is 0. The third-order valence-corrected chi connectivity index (χ3v) is 1.03. The first kappa shape index (κ1) is 5.79. The van der Waals surface area contributed by atoms with E-state index in [1.54, 1.807) is 13.0 Å². The Hall–Kier alpha value is -0.340. The van der Waals surface area contributed by atoms with Gasteiger partial charge in [-0.25, -0.2) is 0 Å². The van der Waals surface area contributed by atoms with Gasteiger partial charge in [0.25, 0.3) is 0 Å². The van der Waals surface area contributed by atoms with Gasteiger partial charge in [-0.2, -0.15) is 0 Å². The standard InChI is InChI=1S/C6H9O2/c1-3-6-4-7-5(2)8-6/h3,6H,1,4H2,2H3. The summed E-state index contributed by atoms with van der Waals surface area (Å²) in [6, 6.07) is 0. The fourth-order valence-corrected chi connectivity index (χ4v) is 0.597. The number of hydrogen-bond donors (Lipinski definition) is 0. The predicted octanol–water partition coefficient (Wildman–Crippen LogP) is 1.10. The average molecular weight is 113 g/mol. The van der Waals surface area contributed by atoms with Gasteiger partial charge in [-0.05, 0) is 6.92 Å². The van der Waals surface area contributed by atoms with Crippen LogP contribution in [0, 0.1) is 6.29 Å².